The number of aromatic carboxylic acids is 1. The predicted molar refractivity (Wildman–Crippen MR) is 75.4 cm³/mol. The Kier molecular flexibility index (Phi) is 5.84. The molecule has 0 aliphatic rings. The quantitative estimate of drug-likeness (QED) is 0.412. The number of aliphatic hydroxyl groups excluding tert-OH is 3. The summed E-state index contributed by atoms with van der Waals surface area (Å²) in [6.45, 7) is -2.50. The smallest absolute Gasteiger partial charge is 0.336 e. The minimum Gasteiger partial charge on any atom is -0.478 e. The van der Waals surface area contributed by atoms with Crippen LogP contribution in [-0.2, 0) is 10.0 Å². The maximum Gasteiger partial charge on any atom is 0.336 e. The van der Waals surface area contributed by atoms with E-state index in [1.165, 1.54) is 6.07 Å². The molecule has 0 amide bonds. The monoisotopic (exact) mass is 383 g/mol. The Balaban J connectivity index is 3.26. The SMILES string of the molecule is O=C(O)c1cc(S(=O)(=O)NC(CO)(CO)CO)ccc1Br. The molecular formula is C11H14BrNO7S. The molecule has 0 fully saturated rings. The maximum absolute atomic E-state index is 12.2. The molecule has 0 aromatic heterocycles. The first kappa shape index (κ1) is 18.0. The van der Waals surface area contributed by atoms with Crippen LogP contribution in [0.3, 0.4) is 0 Å². The average Bonchev–Trinajstić information content (AvgIpc) is 2.44. The first-order valence-electron chi connectivity index (χ1n) is 5.61. The van der Waals surface area contributed by atoms with Crippen LogP contribution in [0, 0.1) is 0 Å². The second-order valence-electron chi connectivity index (χ2n) is 4.31. The standard InChI is InChI=1S/C11H14BrNO7S/c12-9-2-1-7(3-8(9)10(17)18)21(19,20)13-11(4-14,5-15)6-16/h1-3,13-16H,4-6H2,(H,17,18). The van der Waals surface area contributed by atoms with Gasteiger partial charge >= 0.3 is 5.97 Å². The van der Waals surface area contributed by atoms with E-state index in [1.54, 1.807) is 0 Å². The zero-order valence-electron chi connectivity index (χ0n) is 10.7. The summed E-state index contributed by atoms with van der Waals surface area (Å²) < 4.78 is 26.5. The second-order valence-corrected chi connectivity index (χ2v) is 6.84. The maximum atomic E-state index is 12.2. The van der Waals surface area contributed by atoms with E-state index in [0.29, 0.717) is 0 Å². The Labute approximate surface area is 129 Å². The molecule has 0 unspecified atom stereocenters. The summed E-state index contributed by atoms with van der Waals surface area (Å²) in [5.41, 5.74) is -2.10. The van der Waals surface area contributed by atoms with Gasteiger partial charge in [0.05, 0.1) is 30.3 Å². The molecule has 0 atom stereocenters. The second kappa shape index (κ2) is 6.81. The molecule has 0 spiro atoms. The van der Waals surface area contributed by atoms with Gasteiger partial charge in [-0.3, -0.25) is 0 Å². The molecule has 118 valence electrons. The summed E-state index contributed by atoms with van der Waals surface area (Å²) in [6, 6.07) is 3.32. The number of aliphatic hydroxyl groups is 3. The minimum absolute atomic E-state index is 0.201. The molecule has 21 heavy (non-hydrogen) atoms. The molecule has 0 saturated heterocycles. The highest BCUT2D eigenvalue weighted by molar-refractivity contribution is 9.10. The van der Waals surface area contributed by atoms with Crippen LogP contribution in [0.2, 0.25) is 0 Å². The third-order valence-electron chi connectivity index (χ3n) is 2.74. The Hall–Kier alpha value is -1.04. The van der Waals surface area contributed by atoms with Crippen molar-refractivity contribution in [3.63, 3.8) is 0 Å². The van der Waals surface area contributed by atoms with Crippen LogP contribution < -0.4 is 4.72 Å². The van der Waals surface area contributed by atoms with Crippen LogP contribution in [-0.4, -0.2) is 60.2 Å². The fourth-order valence-electron chi connectivity index (χ4n) is 1.43. The number of carboxylic acid groups (broad SMARTS) is 1. The van der Waals surface area contributed by atoms with Crippen molar-refractivity contribution in [2.45, 2.75) is 10.4 Å². The summed E-state index contributed by atoms with van der Waals surface area (Å²) in [6.07, 6.45) is 0. The number of nitrogens with one attached hydrogen (secondary N) is 1. The number of hydrogen-bond acceptors (Lipinski definition) is 6. The van der Waals surface area contributed by atoms with Gasteiger partial charge in [0.15, 0.2) is 0 Å². The van der Waals surface area contributed by atoms with E-state index in [-0.39, 0.29) is 14.9 Å². The summed E-state index contributed by atoms with van der Waals surface area (Å²) in [7, 11) is -4.24. The van der Waals surface area contributed by atoms with E-state index in [1.807, 2.05) is 4.72 Å². The highest BCUT2D eigenvalue weighted by atomic mass is 79.9. The summed E-state index contributed by atoms with van der Waals surface area (Å²) in [5, 5.41) is 36.3. The summed E-state index contributed by atoms with van der Waals surface area (Å²) in [4.78, 5) is 10.6. The molecule has 10 heteroatoms. The van der Waals surface area contributed by atoms with Crippen molar-refractivity contribution in [3.8, 4) is 0 Å². The zero-order valence-corrected chi connectivity index (χ0v) is 13.1. The number of carboxylic acids is 1. The zero-order chi connectivity index (χ0) is 16.3. The van der Waals surface area contributed by atoms with E-state index in [2.05, 4.69) is 15.9 Å². The van der Waals surface area contributed by atoms with Gasteiger partial charge < -0.3 is 20.4 Å². The van der Waals surface area contributed by atoms with Gasteiger partial charge in [-0.15, -0.1) is 0 Å². The summed E-state index contributed by atoms with van der Waals surface area (Å²) >= 11 is 2.98. The topological polar surface area (TPSA) is 144 Å². The van der Waals surface area contributed by atoms with Crippen molar-refractivity contribution in [2.75, 3.05) is 19.8 Å². The lowest BCUT2D eigenvalue weighted by Crippen LogP contribution is -2.56. The van der Waals surface area contributed by atoms with Crippen LogP contribution in [0.5, 0.6) is 0 Å². The Morgan fingerprint density at radius 2 is 1.71 bits per heavy atom. The van der Waals surface area contributed by atoms with E-state index >= 15 is 0 Å². The van der Waals surface area contributed by atoms with Crippen LogP contribution in [0.25, 0.3) is 0 Å². The Morgan fingerprint density at radius 3 is 2.14 bits per heavy atom. The largest absolute Gasteiger partial charge is 0.478 e. The van der Waals surface area contributed by atoms with Crippen molar-refractivity contribution >= 4 is 31.9 Å². The number of hydrogen-bond donors (Lipinski definition) is 5. The number of carbonyl (C=O) groups is 1. The molecule has 0 saturated carbocycles. The summed E-state index contributed by atoms with van der Waals surface area (Å²) in [5.74, 6) is -1.32. The number of halogens is 1. The fourth-order valence-corrected chi connectivity index (χ4v) is 3.24. The van der Waals surface area contributed by atoms with E-state index in [9.17, 15) is 13.2 Å². The van der Waals surface area contributed by atoms with Gasteiger partial charge in [0.2, 0.25) is 10.0 Å². The van der Waals surface area contributed by atoms with Crippen molar-refractivity contribution in [2.24, 2.45) is 0 Å². The first-order chi connectivity index (χ1) is 9.71. The van der Waals surface area contributed by atoms with Crippen LogP contribution in [0.4, 0.5) is 0 Å². The molecule has 8 nitrogen and oxygen atoms in total. The third kappa shape index (κ3) is 3.99. The molecule has 1 aromatic carbocycles. The first-order valence-corrected chi connectivity index (χ1v) is 7.88. The molecule has 5 N–H and O–H groups in total. The molecule has 0 heterocycles. The number of benzene rings is 1. The van der Waals surface area contributed by atoms with Gasteiger partial charge in [0.25, 0.3) is 0 Å². The van der Waals surface area contributed by atoms with Gasteiger partial charge in [-0.25, -0.2) is 13.2 Å². The van der Waals surface area contributed by atoms with Gasteiger partial charge in [-0.05, 0) is 34.1 Å². The normalized spacial score (nSPS) is 12.4. The minimum atomic E-state index is -4.24. The molecule has 0 bridgehead atoms. The number of rotatable bonds is 7. The van der Waals surface area contributed by atoms with Crippen LogP contribution in [0.1, 0.15) is 10.4 Å². The van der Waals surface area contributed by atoms with Gasteiger partial charge in [-0.1, -0.05) is 0 Å². The van der Waals surface area contributed by atoms with Gasteiger partial charge in [0.1, 0.15) is 5.54 Å². The molecular weight excluding hydrogens is 370 g/mol. The molecule has 0 radical (unpaired) electrons. The van der Waals surface area contributed by atoms with E-state index in [4.69, 9.17) is 20.4 Å². The lowest BCUT2D eigenvalue weighted by Gasteiger charge is -2.28. The van der Waals surface area contributed by atoms with Crippen molar-refractivity contribution in [3.05, 3.63) is 28.2 Å². The Bertz CT molecular complexity index is 619. The van der Waals surface area contributed by atoms with E-state index in [0.717, 1.165) is 12.1 Å². The molecule has 1 rings (SSSR count). The van der Waals surface area contributed by atoms with Crippen molar-refractivity contribution in [1.82, 2.24) is 4.72 Å². The lowest BCUT2D eigenvalue weighted by atomic mass is 10.1. The number of sulfonamides is 1. The highest BCUT2D eigenvalue weighted by Gasteiger charge is 2.34. The molecule has 0 aliphatic heterocycles. The Morgan fingerprint density at radius 1 is 1.19 bits per heavy atom. The van der Waals surface area contributed by atoms with Gasteiger partial charge in [0, 0.05) is 4.47 Å². The highest BCUT2D eigenvalue weighted by Crippen LogP contribution is 2.22. The van der Waals surface area contributed by atoms with Crippen molar-refractivity contribution in [1.29, 1.82) is 0 Å². The lowest BCUT2D eigenvalue weighted by molar-refractivity contribution is 0.0581. The van der Waals surface area contributed by atoms with Gasteiger partial charge in [-0.2, -0.15) is 4.72 Å². The molecule has 1 aromatic rings. The van der Waals surface area contributed by atoms with Crippen molar-refractivity contribution < 1.29 is 33.6 Å². The third-order valence-corrected chi connectivity index (χ3v) is 5.01. The predicted octanol–water partition coefficient (Wildman–Crippen LogP) is -0.859. The van der Waals surface area contributed by atoms with E-state index < -0.39 is 41.4 Å². The van der Waals surface area contributed by atoms with Crippen LogP contribution in [0.15, 0.2) is 27.6 Å². The van der Waals surface area contributed by atoms with Crippen LogP contribution >= 0.6 is 15.9 Å². The fraction of sp³-hybridized carbons (Fsp3) is 0.364. The average molecular weight is 384 g/mol. The molecule has 0 aliphatic carbocycles.